The zero-order chi connectivity index (χ0) is 8.55. The first-order valence-corrected chi connectivity index (χ1v) is 3.43. The van der Waals surface area contributed by atoms with Gasteiger partial charge in [-0.2, -0.15) is 0 Å². The molecule has 1 aromatic carbocycles. The van der Waals surface area contributed by atoms with Gasteiger partial charge in [-0.3, -0.25) is 0 Å². The van der Waals surface area contributed by atoms with Crippen LogP contribution in [0, 0.1) is 0 Å². The second-order valence-electron chi connectivity index (χ2n) is 2.45. The largest absolute Gasteiger partial charge is 0.450 e. The summed E-state index contributed by atoms with van der Waals surface area (Å²) < 4.78 is 4.88. The number of hydrogen-bond acceptors (Lipinski definition) is 4. The van der Waals surface area contributed by atoms with Crippen LogP contribution in [0.15, 0.2) is 22.7 Å². The van der Waals surface area contributed by atoms with Gasteiger partial charge in [-0.15, -0.1) is 0 Å². The van der Waals surface area contributed by atoms with E-state index in [1.807, 2.05) is 0 Å². The van der Waals surface area contributed by atoms with Gasteiger partial charge in [0.05, 0.1) is 5.39 Å². The van der Waals surface area contributed by atoms with Crippen molar-refractivity contribution in [3.8, 4) is 0 Å². The van der Waals surface area contributed by atoms with E-state index in [-0.39, 0.29) is 0 Å². The molecule has 12 heavy (non-hydrogen) atoms. The number of rotatable bonds is 1. The third kappa shape index (κ3) is 0.949. The number of hydrogen-bond donors (Lipinski definition) is 2. The van der Waals surface area contributed by atoms with E-state index < -0.39 is 0 Å². The molecule has 0 atom stereocenters. The average molecular weight is 161 g/mol. The van der Waals surface area contributed by atoms with Gasteiger partial charge in [0.1, 0.15) is 0 Å². The van der Waals surface area contributed by atoms with Gasteiger partial charge >= 0.3 is 7.48 Å². The van der Waals surface area contributed by atoms with Crippen molar-refractivity contribution < 1.29 is 9.55 Å². The van der Waals surface area contributed by atoms with Crippen molar-refractivity contribution in [2.45, 2.75) is 0 Å². The molecule has 5 heteroatoms. The fraction of sp³-hybridized carbons (Fsp3) is 0. The first-order valence-electron chi connectivity index (χ1n) is 3.43. The van der Waals surface area contributed by atoms with Gasteiger partial charge in [0.25, 0.3) is 0 Å². The maximum Gasteiger partial charge on any atom is 0.326 e. The minimum absolute atomic E-state index is 0.341. The van der Waals surface area contributed by atoms with Gasteiger partial charge in [-0.05, 0) is 6.07 Å². The second kappa shape index (κ2) is 2.53. The molecule has 0 unspecified atom stereocenters. The van der Waals surface area contributed by atoms with E-state index in [9.17, 15) is 0 Å². The van der Waals surface area contributed by atoms with Crippen LogP contribution in [-0.4, -0.2) is 17.7 Å². The van der Waals surface area contributed by atoms with Gasteiger partial charge in [0.15, 0.2) is 11.4 Å². The van der Waals surface area contributed by atoms with Crippen LogP contribution in [0.25, 0.3) is 11.0 Å². The molecule has 4 nitrogen and oxygen atoms in total. The normalized spacial score (nSPS) is 10.4. The van der Waals surface area contributed by atoms with Gasteiger partial charge < -0.3 is 15.3 Å². The third-order valence-electron chi connectivity index (χ3n) is 1.67. The summed E-state index contributed by atoms with van der Waals surface area (Å²) in [6, 6.07) is 5.13. The molecule has 0 amide bonds. The Morgan fingerprint density at radius 3 is 3.08 bits per heavy atom. The van der Waals surface area contributed by atoms with Gasteiger partial charge in [-0.25, -0.2) is 0 Å². The Labute approximate surface area is 69.2 Å². The molecule has 1 heterocycles. The zero-order valence-electron chi connectivity index (χ0n) is 6.19. The van der Waals surface area contributed by atoms with E-state index in [0.29, 0.717) is 16.9 Å². The fourth-order valence-corrected chi connectivity index (χ4v) is 1.06. The molecular weight excluding hydrogens is 155 g/mol. The summed E-state index contributed by atoms with van der Waals surface area (Å²) in [7, 11) is 1.01. The van der Waals surface area contributed by atoms with Crippen molar-refractivity contribution in [2.75, 3.05) is 5.73 Å². The summed E-state index contributed by atoms with van der Waals surface area (Å²) in [5, 5.41) is 13.0. The number of nitrogen functional groups attached to an aromatic ring is 1. The molecule has 59 valence electrons. The molecule has 0 aliphatic carbocycles. The molecule has 0 bridgehead atoms. The number of nitrogens with two attached hydrogens (primary N) is 1. The SMILES string of the molecule is Nc1noc2ccc([B]O)cc12. The molecule has 0 aliphatic heterocycles. The number of anilines is 1. The smallest absolute Gasteiger partial charge is 0.326 e. The van der Waals surface area contributed by atoms with Crippen molar-refractivity contribution in [2.24, 2.45) is 0 Å². The van der Waals surface area contributed by atoms with Crippen LogP contribution in [0.5, 0.6) is 0 Å². The van der Waals surface area contributed by atoms with E-state index in [4.69, 9.17) is 15.3 Å². The molecule has 0 fully saturated rings. The number of aromatic nitrogens is 1. The minimum atomic E-state index is 0.341. The van der Waals surface area contributed by atoms with Crippen LogP contribution in [-0.2, 0) is 0 Å². The fourth-order valence-electron chi connectivity index (χ4n) is 1.06. The second-order valence-corrected chi connectivity index (χ2v) is 2.45. The zero-order valence-corrected chi connectivity index (χ0v) is 6.19. The van der Waals surface area contributed by atoms with Crippen LogP contribution >= 0.6 is 0 Å². The molecule has 0 aliphatic rings. The molecule has 2 aromatic rings. The predicted octanol–water partition coefficient (Wildman–Crippen LogP) is -0.353. The van der Waals surface area contributed by atoms with Crippen molar-refractivity contribution in [3.63, 3.8) is 0 Å². The molecule has 1 aromatic heterocycles. The molecule has 0 saturated carbocycles. The minimum Gasteiger partial charge on any atom is -0.450 e. The van der Waals surface area contributed by atoms with E-state index in [1.54, 1.807) is 18.2 Å². The lowest BCUT2D eigenvalue weighted by molar-refractivity contribution is 0.460. The molecule has 0 saturated heterocycles. The van der Waals surface area contributed by atoms with Crippen molar-refractivity contribution in [1.29, 1.82) is 0 Å². The third-order valence-corrected chi connectivity index (χ3v) is 1.67. The van der Waals surface area contributed by atoms with E-state index in [2.05, 4.69) is 5.16 Å². The van der Waals surface area contributed by atoms with Crippen LogP contribution in [0.3, 0.4) is 0 Å². The maximum atomic E-state index is 8.71. The lowest BCUT2D eigenvalue weighted by atomic mass is 9.88. The molecule has 0 spiro atoms. The Balaban J connectivity index is 2.71. The Morgan fingerprint density at radius 2 is 2.33 bits per heavy atom. The average Bonchev–Trinajstić information content (AvgIpc) is 2.47. The van der Waals surface area contributed by atoms with Crippen molar-refractivity contribution >= 4 is 29.7 Å². The van der Waals surface area contributed by atoms with Crippen LogP contribution in [0.1, 0.15) is 0 Å². The van der Waals surface area contributed by atoms with Crippen LogP contribution in [0.2, 0.25) is 0 Å². The van der Waals surface area contributed by atoms with Crippen LogP contribution < -0.4 is 11.2 Å². The molecule has 2 rings (SSSR count). The van der Waals surface area contributed by atoms with Crippen molar-refractivity contribution in [3.05, 3.63) is 18.2 Å². The molecule has 1 radical (unpaired) electrons. The Kier molecular flexibility index (Phi) is 1.51. The Hall–Kier alpha value is -1.49. The summed E-state index contributed by atoms with van der Waals surface area (Å²) in [5.74, 6) is 0.341. The lowest BCUT2D eigenvalue weighted by Crippen LogP contribution is -2.12. The highest BCUT2D eigenvalue weighted by molar-refractivity contribution is 6.46. The first-order chi connectivity index (χ1) is 5.81. The summed E-state index contributed by atoms with van der Waals surface area (Å²) in [6.45, 7) is 0. The van der Waals surface area contributed by atoms with E-state index in [1.165, 1.54) is 0 Å². The standard InChI is InChI=1S/C7H6BN2O2/c9-7-5-3-4(8-11)1-2-6(5)12-10-7/h1-3,11H,(H2,9,10). The quantitative estimate of drug-likeness (QED) is 0.560. The highest BCUT2D eigenvalue weighted by Crippen LogP contribution is 2.17. The highest BCUT2D eigenvalue weighted by Gasteiger charge is 2.04. The summed E-state index contributed by atoms with van der Waals surface area (Å²) >= 11 is 0. The Bertz CT molecular complexity index is 413. The number of nitrogens with zero attached hydrogens (tertiary/aromatic N) is 1. The first kappa shape index (κ1) is 7.18. The van der Waals surface area contributed by atoms with Crippen LogP contribution in [0.4, 0.5) is 5.82 Å². The number of benzene rings is 1. The van der Waals surface area contributed by atoms with Crippen molar-refractivity contribution in [1.82, 2.24) is 5.16 Å². The van der Waals surface area contributed by atoms with E-state index >= 15 is 0 Å². The molecule has 3 N–H and O–H groups in total. The Morgan fingerprint density at radius 1 is 1.50 bits per heavy atom. The summed E-state index contributed by atoms with van der Waals surface area (Å²) in [6.07, 6.45) is 0. The molecular formula is C7H6BN2O2. The topological polar surface area (TPSA) is 72.3 Å². The van der Waals surface area contributed by atoms with E-state index in [0.717, 1.165) is 12.9 Å². The van der Waals surface area contributed by atoms with Gasteiger partial charge in [0.2, 0.25) is 0 Å². The monoisotopic (exact) mass is 161 g/mol. The van der Waals surface area contributed by atoms with Gasteiger partial charge in [-0.1, -0.05) is 22.8 Å². The summed E-state index contributed by atoms with van der Waals surface area (Å²) in [5.41, 5.74) is 6.80. The van der Waals surface area contributed by atoms with Gasteiger partial charge in [0, 0.05) is 0 Å². The predicted molar refractivity (Wildman–Crippen MR) is 46.0 cm³/mol. The maximum absolute atomic E-state index is 8.71. The summed E-state index contributed by atoms with van der Waals surface area (Å²) in [4.78, 5) is 0. The highest BCUT2D eigenvalue weighted by atomic mass is 16.5. The number of fused-ring (bicyclic) bond motifs is 1. The lowest BCUT2D eigenvalue weighted by Gasteiger charge is -1.91.